The third kappa shape index (κ3) is 5.89. The Kier molecular flexibility index (Phi) is 6.07. The molecule has 0 radical (unpaired) electrons. The summed E-state index contributed by atoms with van der Waals surface area (Å²) >= 11 is 0. The van der Waals surface area contributed by atoms with Crippen LogP contribution in [0, 0.1) is 11.8 Å². The first kappa shape index (κ1) is 20.0. The molecular formula is C14H22F3N3O4. The second-order valence-corrected chi connectivity index (χ2v) is 6.78. The van der Waals surface area contributed by atoms with Gasteiger partial charge in [0.15, 0.2) is 0 Å². The van der Waals surface area contributed by atoms with E-state index in [-0.39, 0.29) is 18.9 Å². The van der Waals surface area contributed by atoms with Gasteiger partial charge in [-0.3, -0.25) is 9.59 Å². The minimum Gasteiger partial charge on any atom is -0.481 e. The molecule has 0 saturated carbocycles. The van der Waals surface area contributed by atoms with Crippen molar-refractivity contribution >= 4 is 17.9 Å². The molecule has 10 heteroatoms. The van der Waals surface area contributed by atoms with Crippen LogP contribution in [0.2, 0.25) is 0 Å². The van der Waals surface area contributed by atoms with Crippen molar-refractivity contribution in [3.63, 3.8) is 0 Å². The molecule has 3 amide bonds. The molecule has 24 heavy (non-hydrogen) atoms. The third-order valence-corrected chi connectivity index (χ3v) is 3.49. The number of nitrogens with one attached hydrogen (secondary N) is 2. The van der Waals surface area contributed by atoms with Gasteiger partial charge in [-0.25, -0.2) is 4.79 Å². The quantitative estimate of drug-likeness (QED) is 0.707. The highest BCUT2D eigenvalue weighted by Crippen LogP contribution is 2.37. The Morgan fingerprint density at radius 3 is 2.17 bits per heavy atom. The van der Waals surface area contributed by atoms with E-state index in [4.69, 9.17) is 5.11 Å². The van der Waals surface area contributed by atoms with Crippen LogP contribution in [0.25, 0.3) is 0 Å². The van der Waals surface area contributed by atoms with E-state index >= 15 is 0 Å². The topological polar surface area (TPSA) is 98.7 Å². The number of alkyl halides is 3. The Balaban J connectivity index is 2.52. The van der Waals surface area contributed by atoms with Crippen molar-refractivity contribution in [2.24, 2.45) is 11.8 Å². The molecule has 1 aliphatic rings. The van der Waals surface area contributed by atoms with Gasteiger partial charge in [0.05, 0.1) is 11.8 Å². The summed E-state index contributed by atoms with van der Waals surface area (Å²) in [7, 11) is 0. The van der Waals surface area contributed by atoms with Crippen molar-refractivity contribution < 1.29 is 32.7 Å². The van der Waals surface area contributed by atoms with Crippen molar-refractivity contribution in [3.05, 3.63) is 0 Å². The van der Waals surface area contributed by atoms with E-state index < -0.39 is 48.6 Å². The molecule has 0 spiro atoms. The highest BCUT2D eigenvalue weighted by Gasteiger charge is 2.53. The van der Waals surface area contributed by atoms with Crippen molar-refractivity contribution in [3.8, 4) is 0 Å². The van der Waals surface area contributed by atoms with Crippen LogP contribution >= 0.6 is 0 Å². The van der Waals surface area contributed by atoms with Crippen molar-refractivity contribution in [2.45, 2.75) is 38.9 Å². The first-order chi connectivity index (χ1) is 10.8. The minimum absolute atomic E-state index is 0.0259. The summed E-state index contributed by atoms with van der Waals surface area (Å²) in [5.74, 6) is -5.66. The van der Waals surface area contributed by atoms with E-state index in [0.717, 1.165) is 4.90 Å². The number of carboxylic acid groups (broad SMARTS) is 1. The lowest BCUT2D eigenvalue weighted by Crippen LogP contribution is -2.44. The van der Waals surface area contributed by atoms with Gasteiger partial charge in [-0.05, 0) is 20.8 Å². The Morgan fingerprint density at radius 2 is 1.75 bits per heavy atom. The number of amides is 3. The molecule has 0 aliphatic carbocycles. The van der Waals surface area contributed by atoms with Crippen LogP contribution in [0.3, 0.4) is 0 Å². The normalized spacial score (nSPS) is 21.5. The van der Waals surface area contributed by atoms with Crippen LogP contribution in [-0.2, 0) is 9.59 Å². The number of aliphatic carboxylic acids is 1. The molecule has 3 N–H and O–H groups in total. The fourth-order valence-electron chi connectivity index (χ4n) is 2.43. The molecule has 7 nitrogen and oxygen atoms in total. The number of hydrogen-bond acceptors (Lipinski definition) is 3. The standard InChI is InChI=1S/C14H22F3N3O4/c1-13(2,3)19-10(21)4-5-18-12(24)20-6-8(11(22)23)9(7-20)14(15,16)17/h8-9H,4-7H2,1-3H3,(H,18,24)(H,19,21)(H,22,23)/t8-,9-/m1/s1. The summed E-state index contributed by atoms with van der Waals surface area (Å²) in [6.45, 7) is 4.09. The van der Waals surface area contributed by atoms with Crippen molar-refractivity contribution in [1.82, 2.24) is 15.5 Å². The largest absolute Gasteiger partial charge is 0.481 e. The zero-order chi connectivity index (χ0) is 18.7. The average Bonchev–Trinajstić information content (AvgIpc) is 2.81. The monoisotopic (exact) mass is 353 g/mol. The Hall–Kier alpha value is -2.00. The Bertz CT molecular complexity index is 502. The maximum absolute atomic E-state index is 12.8. The van der Waals surface area contributed by atoms with Gasteiger partial charge in [0.2, 0.25) is 5.91 Å². The number of rotatable bonds is 4. The van der Waals surface area contributed by atoms with Crippen molar-refractivity contribution in [1.29, 1.82) is 0 Å². The van der Waals surface area contributed by atoms with E-state index in [2.05, 4.69) is 10.6 Å². The number of halogens is 3. The number of urea groups is 1. The highest BCUT2D eigenvalue weighted by atomic mass is 19.4. The fourth-order valence-corrected chi connectivity index (χ4v) is 2.43. The van der Waals surface area contributed by atoms with Crippen LogP contribution in [-0.4, -0.2) is 59.3 Å². The molecular weight excluding hydrogens is 331 g/mol. The van der Waals surface area contributed by atoms with E-state index in [1.165, 1.54) is 0 Å². The van der Waals surface area contributed by atoms with Gasteiger partial charge < -0.3 is 20.6 Å². The predicted octanol–water partition coefficient (Wildman–Crippen LogP) is 1.20. The summed E-state index contributed by atoms with van der Waals surface area (Å²) < 4.78 is 38.5. The Morgan fingerprint density at radius 1 is 1.17 bits per heavy atom. The third-order valence-electron chi connectivity index (χ3n) is 3.49. The van der Waals surface area contributed by atoms with Crippen LogP contribution in [0.4, 0.5) is 18.0 Å². The first-order valence-electron chi connectivity index (χ1n) is 7.44. The van der Waals surface area contributed by atoms with Gasteiger partial charge in [0.1, 0.15) is 0 Å². The zero-order valence-electron chi connectivity index (χ0n) is 13.7. The van der Waals surface area contributed by atoms with Gasteiger partial charge in [-0.1, -0.05) is 0 Å². The van der Waals surface area contributed by atoms with Crippen LogP contribution in [0.5, 0.6) is 0 Å². The van der Waals surface area contributed by atoms with E-state index in [0.29, 0.717) is 0 Å². The number of nitrogens with zero attached hydrogens (tertiary/aromatic N) is 1. The second kappa shape index (κ2) is 7.27. The zero-order valence-corrected chi connectivity index (χ0v) is 13.7. The number of carbonyl (C=O) groups is 3. The SMILES string of the molecule is CC(C)(C)NC(=O)CCNC(=O)N1C[C@@H](C(F)(F)F)[C@H](C(=O)O)C1. The second-order valence-electron chi connectivity index (χ2n) is 6.78. The molecule has 0 bridgehead atoms. The van der Waals surface area contributed by atoms with E-state index in [9.17, 15) is 27.6 Å². The lowest BCUT2D eigenvalue weighted by Gasteiger charge is -2.21. The molecule has 138 valence electrons. The molecule has 1 rings (SSSR count). The minimum atomic E-state index is -4.69. The van der Waals surface area contributed by atoms with E-state index in [1.807, 2.05) is 0 Å². The van der Waals surface area contributed by atoms with Crippen LogP contribution < -0.4 is 10.6 Å². The van der Waals surface area contributed by atoms with Gasteiger partial charge in [-0.15, -0.1) is 0 Å². The van der Waals surface area contributed by atoms with Gasteiger partial charge in [-0.2, -0.15) is 13.2 Å². The molecule has 0 aromatic rings. The van der Waals surface area contributed by atoms with Gasteiger partial charge in [0.25, 0.3) is 0 Å². The predicted molar refractivity (Wildman–Crippen MR) is 78.2 cm³/mol. The summed E-state index contributed by atoms with van der Waals surface area (Å²) in [6.07, 6.45) is -4.72. The lowest BCUT2D eigenvalue weighted by atomic mass is 9.96. The number of likely N-dealkylation sites (tertiary alicyclic amines) is 1. The molecule has 2 atom stereocenters. The first-order valence-corrected chi connectivity index (χ1v) is 7.44. The summed E-state index contributed by atoms with van der Waals surface area (Å²) in [5.41, 5.74) is -0.426. The highest BCUT2D eigenvalue weighted by molar-refractivity contribution is 5.80. The number of carbonyl (C=O) groups excluding carboxylic acids is 2. The van der Waals surface area contributed by atoms with Crippen LogP contribution in [0.15, 0.2) is 0 Å². The number of hydrogen-bond donors (Lipinski definition) is 3. The fraction of sp³-hybridized carbons (Fsp3) is 0.786. The molecule has 0 aromatic heterocycles. The summed E-state index contributed by atoms with van der Waals surface area (Å²) in [4.78, 5) is 35.2. The number of carboxylic acids is 1. The molecule has 1 heterocycles. The molecule has 0 aromatic carbocycles. The van der Waals surface area contributed by atoms with Gasteiger partial charge >= 0.3 is 18.2 Å². The maximum Gasteiger partial charge on any atom is 0.394 e. The molecule has 1 aliphatic heterocycles. The molecule has 1 saturated heterocycles. The van der Waals surface area contributed by atoms with E-state index in [1.54, 1.807) is 20.8 Å². The lowest BCUT2D eigenvalue weighted by molar-refractivity contribution is -0.187. The average molecular weight is 353 g/mol. The smallest absolute Gasteiger partial charge is 0.394 e. The van der Waals surface area contributed by atoms with Gasteiger partial charge in [0, 0.05) is 31.6 Å². The summed E-state index contributed by atoms with van der Waals surface area (Å²) in [6, 6.07) is -0.809. The maximum atomic E-state index is 12.8. The van der Waals surface area contributed by atoms with Crippen LogP contribution in [0.1, 0.15) is 27.2 Å². The Labute approximate surface area is 137 Å². The molecule has 0 unspecified atom stereocenters. The summed E-state index contributed by atoms with van der Waals surface area (Å²) in [5, 5.41) is 13.9. The van der Waals surface area contributed by atoms with Crippen molar-refractivity contribution in [2.75, 3.05) is 19.6 Å². The molecule has 1 fully saturated rings.